The normalized spacial score (nSPS) is 11.5. The second kappa shape index (κ2) is 10.7. The first-order chi connectivity index (χ1) is 18.1. The Bertz CT molecular complexity index is 1500. The minimum atomic E-state index is -1.11. The molecule has 0 fully saturated rings. The molecule has 0 N–H and O–H groups in total. The quantitative estimate of drug-likeness (QED) is 0.189. The zero-order valence-corrected chi connectivity index (χ0v) is 20.2. The zero-order valence-electron chi connectivity index (χ0n) is 20.2. The fourth-order valence-corrected chi connectivity index (χ4v) is 4.02. The van der Waals surface area contributed by atoms with Crippen LogP contribution in [-0.2, 0) is 4.74 Å². The van der Waals surface area contributed by atoms with Crippen LogP contribution in [0.3, 0.4) is 0 Å². The number of para-hydroxylation sites is 1. The van der Waals surface area contributed by atoms with E-state index in [2.05, 4.69) is 0 Å². The Morgan fingerprint density at radius 3 is 1.97 bits per heavy atom. The first-order valence-electron chi connectivity index (χ1n) is 11.8. The van der Waals surface area contributed by atoms with Crippen molar-refractivity contribution in [1.82, 2.24) is 9.78 Å². The van der Waals surface area contributed by atoms with Gasteiger partial charge in [-0.3, -0.25) is 4.79 Å². The van der Waals surface area contributed by atoms with Gasteiger partial charge in [0.1, 0.15) is 17.0 Å². The molecule has 182 valence electrons. The summed E-state index contributed by atoms with van der Waals surface area (Å²) in [7, 11) is 1.59. The van der Waals surface area contributed by atoms with Crippen molar-refractivity contribution in [3.63, 3.8) is 0 Å². The van der Waals surface area contributed by atoms with Gasteiger partial charge < -0.3 is 9.47 Å². The Morgan fingerprint density at radius 2 is 1.35 bits per heavy atom. The third kappa shape index (κ3) is 5.18. The zero-order chi connectivity index (χ0) is 25.6. The van der Waals surface area contributed by atoms with Crippen LogP contribution in [0.15, 0.2) is 121 Å². The minimum absolute atomic E-state index is 0.246. The molecule has 6 heteroatoms. The molecule has 0 radical (unpaired) electrons. The third-order valence-electron chi connectivity index (χ3n) is 5.94. The van der Waals surface area contributed by atoms with Gasteiger partial charge in [0, 0.05) is 22.9 Å². The van der Waals surface area contributed by atoms with Crippen LogP contribution in [0.1, 0.15) is 32.4 Å². The van der Waals surface area contributed by atoms with E-state index in [4.69, 9.17) is 14.6 Å². The van der Waals surface area contributed by atoms with Crippen LogP contribution in [0.2, 0.25) is 0 Å². The van der Waals surface area contributed by atoms with Gasteiger partial charge in [-0.1, -0.05) is 78.9 Å². The van der Waals surface area contributed by atoms with Crippen LogP contribution in [0.25, 0.3) is 16.9 Å². The molecule has 0 amide bonds. The molecule has 0 aliphatic heterocycles. The van der Waals surface area contributed by atoms with Gasteiger partial charge in [0.2, 0.25) is 5.78 Å². The van der Waals surface area contributed by atoms with Crippen molar-refractivity contribution < 1.29 is 19.1 Å². The van der Waals surface area contributed by atoms with Crippen LogP contribution < -0.4 is 4.74 Å². The second-order valence-electron chi connectivity index (χ2n) is 8.33. The summed E-state index contributed by atoms with van der Waals surface area (Å²) in [5.74, 6) is -0.263. The van der Waals surface area contributed by atoms with E-state index in [1.165, 1.54) is 0 Å². The molecule has 37 heavy (non-hydrogen) atoms. The van der Waals surface area contributed by atoms with Crippen LogP contribution in [-0.4, -0.2) is 28.6 Å². The number of hydrogen-bond acceptors (Lipinski definition) is 5. The van der Waals surface area contributed by atoms with E-state index in [-0.39, 0.29) is 11.3 Å². The molecule has 0 aliphatic carbocycles. The number of methoxy groups -OCH3 is 1. The van der Waals surface area contributed by atoms with Crippen molar-refractivity contribution in [3.05, 3.63) is 138 Å². The number of aromatic nitrogens is 2. The highest BCUT2D eigenvalue weighted by molar-refractivity contribution is 6.03. The topological polar surface area (TPSA) is 70.4 Å². The summed E-state index contributed by atoms with van der Waals surface area (Å²) in [6.45, 7) is 0. The minimum Gasteiger partial charge on any atom is -0.497 e. The van der Waals surface area contributed by atoms with Crippen LogP contribution in [0.5, 0.6) is 5.75 Å². The lowest BCUT2D eigenvalue weighted by atomic mass is 9.99. The van der Waals surface area contributed by atoms with Gasteiger partial charge in [-0.15, -0.1) is 0 Å². The van der Waals surface area contributed by atoms with Crippen molar-refractivity contribution in [1.29, 1.82) is 0 Å². The molecule has 0 saturated carbocycles. The van der Waals surface area contributed by atoms with E-state index < -0.39 is 12.1 Å². The van der Waals surface area contributed by atoms with Crippen molar-refractivity contribution in [2.75, 3.05) is 7.11 Å². The molecule has 5 rings (SSSR count). The fourth-order valence-electron chi connectivity index (χ4n) is 4.02. The van der Waals surface area contributed by atoms with Gasteiger partial charge in [0.05, 0.1) is 12.8 Å². The standard InChI is InChI=1S/C31H24N2O4/c1-36-26-19-17-22(18-20-26)28-27(21-33(32-28)25-15-9-4-10-16-25)31(35)37-30(24-13-7-3-8-14-24)29(34)23-11-5-2-6-12-23/h2-21,30H,1H3/t30-/m1/s1. The van der Waals surface area contributed by atoms with E-state index in [0.717, 1.165) is 5.69 Å². The number of rotatable bonds is 8. The molecule has 5 aromatic rings. The van der Waals surface area contributed by atoms with Crippen LogP contribution in [0, 0.1) is 0 Å². The number of nitrogens with zero attached hydrogens (tertiary/aromatic N) is 2. The van der Waals surface area contributed by atoms with E-state index in [1.54, 1.807) is 66.5 Å². The molecule has 1 atom stereocenters. The first kappa shape index (κ1) is 23.8. The summed E-state index contributed by atoms with van der Waals surface area (Å²) in [4.78, 5) is 27.1. The molecule has 0 bridgehead atoms. The molecule has 0 aliphatic rings. The summed E-state index contributed by atoms with van der Waals surface area (Å²) >= 11 is 0. The summed E-state index contributed by atoms with van der Waals surface area (Å²) in [5, 5.41) is 4.70. The predicted molar refractivity (Wildman–Crippen MR) is 141 cm³/mol. The average molecular weight is 489 g/mol. The SMILES string of the molecule is COc1ccc(-c2nn(-c3ccccc3)cc2C(=O)O[C@@H](C(=O)c2ccccc2)c2ccccc2)cc1. The molecular weight excluding hydrogens is 464 g/mol. The maximum absolute atomic E-state index is 13.7. The van der Waals surface area contributed by atoms with Crippen LogP contribution in [0.4, 0.5) is 0 Å². The number of carbonyl (C=O) groups excluding carboxylic acids is 2. The molecule has 6 nitrogen and oxygen atoms in total. The molecule has 0 spiro atoms. The second-order valence-corrected chi connectivity index (χ2v) is 8.33. The van der Waals surface area contributed by atoms with Gasteiger partial charge in [-0.2, -0.15) is 5.10 Å². The molecule has 0 unspecified atom stereocenters. The summed E-state index contributed by atoms with van der Waals surface area (Å²) in [6.07, 6.45) is 0.520. The molecule has 0 saturated heterocycles. The number of Topliss-reactive ketones (excluding diaryl/α,β-unsaturated/α-hetero) is 1. The Hall–Kier alpha value is -4.97. The number of ketones is 1. The number of benzene rings is 4. The van der Waals surface area contributed by atoms with E-state index in [9.17, 15) is 9.59 Å². The largest absolute Gasteiger partial charge is 0.497 e. The van der Waals surface area contributed by atoms with E-state index >= 15 is 0 Å². The van der Waals surface area contributed by atoms with Crippen molar-refractivity contribution in [2.24, 2.45) is 0 Å². The van der Waals surface area contributed by atoms with Gasteiger partial charge in [0.25, 0.3) is 0 Å². The highest BCUT2D eigenvalue weighted by Gasteiger charge is 2.29. The van der Waals surface area contributed by atoms with Crippen molar-refractivity contribution >= 4 is 11.8 Å². The summed E-state index contributed by atoms with van der Waals surface area (Å²) in [5.41, 5.74) is 3.24. The maximum Gasteiger partial charge on any atom is 0.343 e. The molecule has 1 heterocycles. The fraction of sp³-hybridized carbons (Fsp3) is 0.0645. The van der Waals surface area contributed by atoms with Gasteiger partial charge in [0.15, 0.2) is 6.10 Å². The lowest BCUT2D eigenvalue weighted by Gasteiger charge is -2.17. The lowest BCUT2D eigenvalue weighted by Crippen LogP contribution is -2.20. The van der Waals surface area contributed by atoms with E-state index in [1.807, 2.05) is 66.7 Å². The molecule has 4 aromatic carbocycles. The summed E-state index contributed by atoms with van der Waals surface area (Å²) < 4.78 is 12.8. The number of carbonyl (C=O) groups is 2. The predicted octanol–water partition coefficient (Wildman–Crippen LogP) is 6.33. The highest BCUT2D eigenvalue weighted by Crippen LogP contribution is 2.29. The van der Waals surface area contributed by atoms with Crippen molar-refractivity contribution in [3.8, 4) is 22.7 Å². The Morgan fingerprint density at radius 1 is 0.757 bits per heavy atom. The van der Waals surface area contributed by atoms with E-state index in [0.29, 0.717) is 28.1 Å². The Labute approximate surface area is 214 Å². The average Bonchev–Trinajstić information content (AvgIpc) is 3.43. The van der Waals surface area contributed by atoms with Crippen LogP contribution >= 0.6 is 0 Å². The third-order valence-corrected chi connectivity index (χ3v) is 5.94. The molecular formula is C31H24N2O4. The maximum atomic E-state index is 13.7. The van der Waals surface area contributed by atoms with Gasteiger partial charge in [-0.25, -0.2) is 9.48 Å². The number of esters is 1. The highest BCUT2D eigenvalue weighted by atomic mass is 16.5. The van der Waals surface area contributed by atoms with Gasteiger partial charge >= 0.3 is 5.97 Å². The first-order valence-corrected chi connectivity index (χ1v) is 11.8. The monoisotopic (exact) mass is 488 g/mol. The lowest BCUT2D eigenvalue weighted by molar-refractivity contribution is 0.0280. The number of ether oxygens (including phenoxy) is 2. The smallest absolute Gasteiger partial charge is 0.343 e. The Balaban J connectivity index is 1.55. The van der Waals surface area contributed by atoms with Gasteiger partial charge in [-0.05, 0) is 36.4 Å². The number of hydrogen-bond donors (Lipinski definition) is 0. The summed E-state index contributed by atoms with van der Waals surface area (Å²) in [6, 6.07) is 34.6. The van der Waals surface area contributed by atoms with Crippen molar-refractivity contribution in [2.45, 2.75) is 6.10 Å². The Kier molecular flexibility index (Phi) is 6.90. The molecule has 1 aromatic heterocycles.